The highest BCUT2D eigenvalue weighted by atomic mass is 16.5. The molecule has 182 valence electrons. The number of pyridine rings is 1. The van der Waals surface area contributed by atoms with Gasteiger partial charge in [-0.1, -0.05) is 13.0 Å². The van der Waals surface area contributed by atoms with Crippen molar-refractivity contribution in [1.29, 1.82) is 0 Å². The second kappa shape index (κ2) is 10.9. The summed E-state index contributed by atoms with van der Waals surface area (Å²) in [7, 11) is 5.46. The number of rotatable bonds is 6. The van der Waals surface area contributed by atoms with Crippen molar-refractivity contribution in [2.45, 2.75) is 19.8 Å². The van der Waals surface area contributed by atoms with E-state index in [4.69, 9.17) is 9.47 Å². The Bertz CT molecular complexity index is 1090. The highest BCUT2D eigenvalue weighted by molar-refractivity contribution is 5.99. The maximum Gasteiger partial charge on any atom is 0.228 e. The fourth-order valence-corrected chi connectivity index (χ4v) is 4.14. The van der Waals surface area contributed by atoms with E-state index in [2.05, 4.69) is 39.1 Å². The van der Waals surface area contributed by atoms with E-state index in [1.165, 1.54) is 32.7 Å². The van der Waals surface area contributed by atoms with Gasteiger partial charge < -0.3 is 29.6 Å². The number of nitrogens with zero attached hydrogens (tertiary/aromatic N) is 3. The lowest BCUT2D eigenvalue weighted by Crippen LogP contribution is -2.44. The molecule has 0 unspecified atom stereocenters. The van der Waals surface area contributed by atoms with Crippen LogP contribution in [0.15, 0.2) is 36.5 Å². The molecule has 34 heavy (non-hydrogen) atoms. The number of ether oxygens (including phenoxy) is 2. The number of likely N-dealkylation sites (N-methyl/N-ethyl adjacent to an activating group) is 2. The number of aromatic nitrogens is 2. The first-order valence-electron chi connectivity index (χ1n) is 11.9. The Hall–Kier alpha value is -3.10. The molecule has 2 N–H and O–H groups in total. The Morgan fingerprint density at radius 1 is 1.09 bits per heavy atom. The molecule has 2 aliphatic rings. The number of benzene rings is 1. The quantitative estimate of drug-likeness (QED) is 0.576. The van der Waals surface area contributed by atoms with Gasteiger partial charge in [0.05, 0.1) is 19.8 Å². The van der Waals surface area contributed by atoms with Crippen LogP contribution in [0.25, 0.3) is 22.2 Å². The lowest BCUT2D eigenvalue weighted by atomic mass is 10.0. The van der Waals surface area contributed by atoms with E-state index in [0.717, 1.165) is 40.9 Å². The topological polar surface area (TPSA) is 82.7 Å². The van der Waals surface area contributed by atoms with Crippen LogP contribution >= 0.6 is 0 Å². The zero-order valence-corrected chi connectivity index (χ0v) is 20.6. The Labute approximate surface area is 201 Å². The van der Waals surface area contributed by atoms with Gasteiger partial charge in [0.1, 0.15) is 23.0 Å². The van der Waals surface area contributed by atoms with E-state index in [9.17, 15) is 4.79 Å². The SMILES string of the molecule is CCN1CCN(C)CC1.COc1cccc(OC)c1-c1c[nH]c2nc(NC(=O)C3CC3)ccc12. The van der Waals surface area contributed by atoms with E-state index in [1.54, 1.807) is 14.2 Å². The fraction of sp³-hybridized carbons (Fsp3) is 0.462. The molecular formula is C26H35N5O3. The summed E-state index contributed by atoms with van der Waals surface area (Å²) < 4.78 is 11.0. The minimum Gasteiger partial charge on any atom is -0.496 e. The zero-order chi connectivity index (χ0) is 24.1. The van der Waals surface area contributed by atoms with Crippen LogP contribution in [0, 0.1) is 5.92 Å². The van der Waals surface area contributed by atoms with Crippen LogP contribution in [0.4, 0.5) is 5.82 Å². The number of methoxy groups -OCH3 is 2. The predicted octanol–water partition coefficient (Wildman–Crippen LogP) is 3.85. The number of anilines is 1. The summed E-state index contributed by atoms with van der Waals surface area (Å²) in [4.78, 5) is 24.5. The maximum absolute atomic E-state index is 11.9. The Balaban J connectivity index is 0.000000257. The van der Waals surface area contributed by atoms with Crippen molar-refractivity contribution in [2.75, 3.05) is 59.3 Å². The van der Waals surface area contributed by atoms with Gasteiger partial charge >= 0.3 is 0 Å². The van der Waals surface area contributed by atoms with E-state index in [-0.39, 0.29) is 11.8 Å². The standard InChI is InChI=1S/C19H19N3O3.C7H16N2/c1-24-14-4-3-5-15(25-2)17(14)13-10-20-18-12(13)8-9-16(21-18)22-19(23)11-6-7-11;1-3-9-6-4-8(2)5-7-9/h3-5,8-11H,6-7H2,1-2H3,(H2,20,21,22,23);3-7H2,1-2H3. The van der Waals surface area contributed by atoms with Crippen molar-refractivity contribution in [3.8, 4) is 22.6 Å². The van der Waals surface area contributed by atoms with Crippen molar-refractivity contribution in [1.82, 2.24) is 19.8 Å². The van der Waals surface area contributed by atoms with Crippen LogP contribution in [0.1, 0.15) is 19.8 Å². The van der Waals surface area contributed by atoms with Gasteiger partial charge in [0.25, 0.3) is 0 Å². The third kappa shape index (κ3) is 5.51. The molecule has 5 rings (SSSR count). The fourth-order valence-electron chi connectivity index (χ4n) is 4.14. The Kier molecular flexibility index (Phi) is 7.70. The van der Waals surface area contributed by atoms with Crippen LogP contribution in [-0.2, 0) is 4.79 Å². The largest absolute Gasteiger partial charge is 0.496 e. The van der Waals surface area contributed by atoms with Gasteiger partial charge in [0.2, 0.25) is 5.91 Å². The van der Waals surface area contributed by atoms with E-state index in [1.807, 2.05) is 36.5 Å². The summed E-state index contributed by atoms with van der Waals surface area (Å²) in [5.41, 5.74) is 2.52. The molecule has 0 bridgehead atoms. The zero-order valence-electron chi connectivity index (χ0n) is 20.6. The molecular weight excluding hydrogens is 430 g/mol. The minimum atomic E-state index is 0.0463. The number of hydrogen-bond acceptors (Lipinski definition) is 6. The normalized spacial score (nSPS) is 16.6. The molecule has 1 aliphatic carbocycles. The van der Waals surface area contributed by atoms with Crippen molar-refractivity contribution in [2.24, 2.45) is 5.92 Å². The van der Waals surface area contributed by atoms with Crippen molar-refractivity contribution in [3.63, 3.8) is 0 Å². The van der Waals surface area contributed by atoms with Crippen LogP contribution in [0.2, 0.25) is 0 Å². The number of piperazine rings is 1. The highest BCUT2D eigenvalue weighted by Gasteiger charge is 2.29. The molecule has 3 heterocycles. The molecule has 1 aliphatic heterocycles. The molecule has 2 aromatic heterocycles. The lowest BCUT2D eigenvalue weighted by molar-refractivity contribution is -0.117. The van der Waals surface area contributed by atoms with Gasteiger partial charge in [-0.15, -0.1) is 0 Å². The number of carbonyl (C=O) groups excluding carboxylic acids is 1. The number of amides is 1. The smallest absolute Gasteiger partial charge is 0.228 e. The van der Waals surface area contributed by atoms with Crippen LogP contribution in [0.3, 0.4) is 0 Å². The third-order valence-corrected chi connectivity index (χ3v) is 6.48. The lowest BCUT2D eigenvalue weighted by Gasteiger charge is -2.31. The second-order valence-electron chi connectivity index (χ2n) is 8.83. The molecule has 1 saturated carbocycles. The van der Waals surface area contributed by atoms with Crippen LogP contribution < -0.4 is 14.8 Å². The predicted molar refractivity (Wildman–Crippen MR) is 136 cm³/mol. The first-order valence-corrected chi connectivity index (χ1v) is 11.9. The van der Waals surface area contributed by atoms with Crippen LogP contribution in [-0.4, -0.2) is 79.7 Å². The highest BCUT2D eigenvalue weighted by Crippen LogP contribution is 2.41. The number of carbonyl (C=O) groups is 1. The molecule has 8 nitrogen and oxygen atoms in total. The molecule has 1 saturated heterocycles. The monoisotopic (exact) mass is 465 g/mol. The van der Waals surface area contributed by atoms with E-state index < -0.39 is 0 Å². The number of nitrogens with one attached hydrogen (secondary N) is 2. The van der Waals surface area contributed by atoms with Crippen molar-refractivity contribution in [3.05, 3.63) is 36.5 Å². The van der Waals surface area contributed by atoms with Crippen molar-refractivity contribution >= 4 is 22.8 Å². The summed E-state index contributed by atoms with van der Waals surface area (Å²) in [6, 6.07) is 9.45. The molecule has 0 spiro atoms. The summed E-state index contributed by atoms with van der Waals surface area (Å²) in [5.74, 6) is 2.21. The maximum atomic E-state index is 11.9. The summed E-state index contributed by atoms with van der Waals surface area (Å²) in [6.07, 6.45) is 3.81. The molecule has 8 heteroatoms. The van der Waals surface area contributed by atoms with Gasteiger partial charge in [0, 0.05) is 49.2 Å². The van der Waals surface area contributed by atoms with Gasteiger partial charge in [-0.05, 0) is 50.7 Å². The van der Waals surface area contributed by atoms with Gasteiger partial charge in [0.15, 0.2) is 0 Å². The molecule has 1 amide bonds. The number of aromatic amines is 1. The third-order valence-electron chi connectivity index (χ3n) is 6.48. The van der Waals surface area contributed by atoms with Crippen molar-refractivity contribution < 1.29 is 14.3 Å². The average molecular weight is 466 g/mol. The van der Waals surface area contributed by atoms with E-state index >= 15 is 0 Å². The Morgan fingerprint density at radius 3 is 2.35 bits per heavy atom. The molecule has 1 aromatic carbocycles. The molecule has 0 atom stereocenters. The first-order chi connectivity index (χ1) is 16.5. The van der Waals surface area contributed by atoms with E-state index in [0.29, 0.717) is 11.5 Å². The number of fused-ring (bicyclic) bond motifs is 1. The summed E-state index contributed by atoms with van der Waals surface area (Å²) in [6.45, 7) is 8.45. The number of H-pyrrole nitrogens is 1. The first kappa shape index (κ1) is 24.0. The summed E-state index contributed by atoms with van der Waals surface area (Å²) in [5, 5.41) is 3.81. The number of hydrogen-bond donors (Lipinski definition) is 2. The Morgan fingerprint density at radius 2 is 1.76 bits per heavy atom. The summed E-state index contributed by atoms with van der Waals surface area (Å²) >= 11 is 0. The average Bonchev–Trinajstić information content (AvgIpc) is 3.64. The minimum absolute atomic E-state index is 0.0463. The second-order valence-corrected chi connectivity index (χ2v) is 8.83. The van der Waals surface area contributed by atoms with Gasteiger partial charge in [-0.3, -0.25) is 4.79 Å². The van der Waals surface area contributed by atoms with Gasteiger partial charge in [-0.2, -0.15) is 0 Å². The molecule has 3 aromatic rings. The van der Waals surface area contributed by atoms with Gasteiger partial charge in [-0.25, -0.2) is 4.98 Å². The molecule has 2 fully saturated rings. The molecule has 0 radical (unpaired) electrons. The van der Waals surface area contributed by atoms with Crippen LogP contribution in [0.5, 0.6) is 11.5 Å².